The summed E-state index contributed by atoms with van der Waals surface area (Å²) < 4.78 is 1.06. The van der Waals surface area contributed by atoms with Crippen LogP contribution in [0.3, 0.4) is 0 Å². The van der Waals surface area contributed by atoms with Crippen molar-refractivity contribution in [2.75, 3.05) is 11.5 Å². The third-order valence-corrected chi connectivity index (χ3v) is 4.22. The molecule has 2 aromatic carbocycles. The van der Waals surface area contributed by atoms with Crippen LogP contribution in [-0.2, 0) is 0 Å². The summed E-state index contributed by atoms with van der Waals surface area (Å²) >= 11 is 13.7. The molecule has 0 unspecified atom stereocenters. The Kier molecular flexibility index (Phi) is 6.23. The van der Waals surface area contributed by atoms with Crippen LogP contribution in [0.1, 0.15) is 11.1 Å². The van der Waals surface area contributed by atoms with Crippen molar-refractivity contribution in [1.82, 2.24) is 0 Å². The second-order valence-corrected chi connectivity index (χ2v) is 6.11. The van der Waals surface area contributed by atoms with Crippen LogP contribution in [0.2, 0.25) is 10.0 Å². The van der Waals surface area contributed by atoms with Gasteiger partial charge in [-0.15, -0.1) is 0 Å². The Hall–Kier alpha value is -0.650. The third kappa shape index (κ3) is 5.09. The Bertz CT molecular complexity index is 536. The Balaban J connectivity index is 0.000000191. The predicted octanol–water partition coefficient (Wildman–Crippen LogP) is 5.07. The molecule has 0 aliphatic carbocycles. The van der Waals surface area contributed by atoms with Crippen molar-refractivity contribution in [2.24, 2.45) is 0 Å². The van der Waals surface area contributed by atoms with E-state index in [2.05, 4.69) is 22.6 Å². The number of nitrogen functional groups attached to an aromatic ring is 2. The van der Waals surface area contributed by atoms with E-state index in [9.17, 15) is 0 Å². The molecule has 0 heterocycles. The summed E-state index contributed by atoms with van der Waals surface area (Å²) in [6.07, 6.45) is 0. The number of anilines is 2. The highest BCUT2D eigenvalue weighted by Gasteiger charge is 1.99. The molecule has 0 radical (unpaired) electrons. The second kappa shape index (κ2) is 7.22. The first-order valence-corrected chi connectivity index (χ1v) is 7.37. The Morgan fingerprint density at radius 3 is 1.95 bits per heavy atom. The maximum absolute atomic E-state index is 5.80. The highest BCUT2D eigenvalue weighted by atomic mass is 127. The summed E-state index contributed by atoms with van der Waals surface area (Å²) in [5.74, 6) is 0. The predicted molar refractivity (Wildman–Crippen MR) is 93.9 cm³/mol. The molecule has 0 amide bonds. The fourth-order valence-corrected chi connectivity index (χ4v) is 2.25. The topological polar surface area (TPSA) is 52.0 Å². The SMILES string of the molecule is Cc1cc(I)c(N)cc1Cl.Cc1ccc(N)cc1Cl. The van der Waals surface area contributed by atoms with E-state index in [1.54, 1.807) is 12.1 Å². The molecule has 0 atom stereocenters. The van der Waals surface area contributed by atoms with Crippen LogP contribution in [0.25, 0.3) is 0 Å². The molecule has 0 saturated carbocycles. The van der Waals surface area contributed by atoms with Crippen molar-refractivity contribution < 1.29 is 0 Å². The highest BCUT2D eigenvalue weighted by Crippen LogP contribution is 2.23. The number of hydrogen-bond donors (Lipinski definition) is 2. The van der Waals surface area contributed by atoms with E-state index in [4.69, 9.17) is 34.7 Å². The lowest BCUT2D eigenvalue weighted by Gasteiger charge is -2.01. The zero-order valence-corrected chi connectivity index (χ0v) is 14.3. The van der Waals surface area contributed by atoms with E-state index in [1.807, 2.05) is 32.0 Å². The molecule has 0 saturated heterocycles. The van der Waals surface area contributed by atoms with Gasteiger partial charge in [0, 0.05) is 25.0 Å². The largest absolute Gasteiger partial charge is 0.399 e. The molecular weight excluding hydrogens is 394 g/mol. The van der Waals surface area contributed by atoms with E-state index in [-0.39, 0.29) is 0 Å². The quantitative estimate of drug-likeness (QED) is 0.472. The first-order valence-electron chi connectivity index (χ1n) is 5.54. The summed E-state index contributed by atoms with van der Waals surface area (Å²) in [5.41, 5.74) is 14.6. The number of nitrogens with two attached hydrogens (primary N) is 2. The van der Waals surface area contributed by atoms with Crippen LogP contribution < -0.4 is 11.5 Å². The maximum Gasteiger partial charge on any atom is 0.0464 e. The van der Waals surface area contributed by atoms with Crippen LogP contribution >= 0.6 is 45.8 Å². The van der Waals surface area contributed by atoms with Crippen LogP contribution in [0, 0.1) is 17.4 Å². The van der Waals surface area contributed by atoms with Gasteiger partial charge in [0.25, 0.3) is 0 Å². The van der Waals surface area contributed by atoms with Crippen molar-refractivity contribution in [2.45, 2.75) is 13.8 Å². The fraction of sp³-hybridized carbons (Fsp3) is 0.143. The molecular formula is C14H15Cl2IN2. The van der Waals surface area contributed by atoms with Gasteiger partial charge in [-0.05, 0) is 71.8 Å². The van der Waals surface area contributed by atoms with Crippen molar-refractivity contribution in [3.8, 4) is 0 Å². The van der Waals surface area contributed by atoms with Crippen LogP contribution in [0.5, 0.6) is 0 Å². The lowest BCUT2D eigenvalue weighted by atomic mass is 10.2. The summed E-state index contributed by atoms with van der Waals surface area (Å²) in [6.45, 7) is 3.91. The van der Waals surface area contributed by atoms with Gasteiger partial charge in [-0.3, -0.25) is 0 Å². The Labute approximate surface area is 137 Å². The molecule has 2 rings (SSSR count). The van der Waals surface area contributed by atoms with Gasteiger partial charge >= 0.3 is 0 Å². The van der Waals surface area contributed by atoms with Crippen LogP contribution in [-0.4, -0.2) is 0 Å². The zero-order valence-electron chi connectivity index (χ0n) is 10.7. The first kappa shape index (κ1) is 16.4. The molecule has 4 N–H and O–H groups in total. The summed E-state index contributed by atoms with van der Waals surface area (Å²) in [5, 5.41) is 1.47. The smallest absolute Gasteiger partial charge is 0.0464 e. The molecule has 0 aliphatic rings. The molecule has 2 nitrogen and oxygen atoms in total. The molecule has 0 aliphatic heterocycles. The van der Waals surface area contributed by atoms with Gasteiger partial charge in [0.2, 0.25) is 0 Å². The first-order chi connectivity index (χ1) is 8.81. The average Bonchev–Trinajstić information content (AvgIpc) is 2.33. The molecule has 5 heteroatoms. The highest BCUT2D eigenvalue weighted by molar-refractivity contribution is 14.1. The molecule has 0 spiro atoms. The molecule has 0 bridgehead atoms. The monoisotopic (exact) mass is 408 g/mol. The van der Waals surface area contributed by atoms with Gasteiger partial charge in [0.15, 0.2) is 0 Å². The molecule has 2 aromatic rings. The molecule has 19 heavy (non-hydrogen) atoms. The fourth-order valence-electron chi connectivity index (χ4n) is 1.27. The van der Waals surface area contributed by atoms with Gasteiger partial charge in [0.05, 0.1) is 0 Å². The molecule has 0 aromatic heterocycles. The maximum atomic E-state index is 5.80. The number of rotatable bonds is 0. The van der Waals surface area contributed by atoms with Gasteiger partial charge in [-0.25, -0.2) is 0 Å². The van der Waals surface area contributed by atoms with Crippen molar-refractivity contribution in [3.63, 3.8) is 0 Å². The lowest BCUT2D eigenvalue weighted by Crippen LogP contribution is -1.89. The van der Waals surface area contributed by atoms with E-state index in [0.29, 0.717) is 5.69 Å². The second-order valence-electron chi connectivity index (χ2n) is 4.13. The van der Waals surface area contributed by atoms with E-state index < -0.39 is 0 Å². The number of halogens is 3. The van der Waals surface area contributed by atoms with E-state index in [0.717, 1.165) is 30.4 Å². The number of hydrogen-bond acceptors (Lipinski definition) is 2. The molecule has 102 valence electrons. The minimum atomic E-state index is 0.714. The summed E-state index contributed by atoms with van der Waals surface area (Å²) in [4.78, 5) is 0. The van der Waals surface area contributed by atoms with Crippen LogP contribution in [0.15, 0.2) is 30.3 Å². The van der Waals surface area contributed by atoms with Gasteiger partial charge < -0.3 is 11.5 Å². The Morgan fingerprint density at radius 2 is 1.47 bits per heavy atom. The summed E-state index contributed by atoms with van der Waals surface area (Å²) in [7, 11) is 0. The van der Waals surface area contributed by atoms with Crippen molar-refractivity contribution >= 4 is 57.2 Å². The summed E-state index contributed by atoms with van der Waals surface area (Å²) in [6, 6.07) is 9.23. The lowest BCUT2D eigenvalue weighted by molar-refractivity contribution is 1.45. The van der Waals surface area contributed by atoms with Crippen molar-refractivity contribution in [1.29, 1.82) is 0 Å². The van der Waals surface area contributed by atoms with Gasteiger partial charge in [0.1, 0.15) is 0 Å². The van der Waals surface area contributed by atoms with Crippen LogP contribution in [0.4, 0.5) is 11.4 Å². The minimum Gasteiger partial charge on any atom is -0.399 e. The number of aryl methyl sites for hydroxylation is 2. The third-order valence-electron chi connectivity index (χ3n) is 2.47. The van der Waals surface area contributed by atoms with Crippen molar-refractivity contribution in [3.05, 3.63) is 55.1 Å². The normalized spacial score (nSPS) is 9.74. The van der Waals surface area contributed by atoms with E-state index in [1.165, 1.54) is 0 Å². The Morgan fingerprint density at radius 1 is 0.895 bits per heavy atom. The van der Waals surface area contributed by atoms with E-state index >= 15 is 0 Å². The number of benzene rings is 2. The van der Waals surface area contributed by atoms with Gasteiger partial charge in [-0.1, -0.05) is 29.3 Å². The average molecular weight is 409 g/mol. The standard InChI is InChI=1S/C7H7ClIN.C7H8ClN/c1-4-2-6(9)7(10)3-5(4)8;1-5-2-3-6(9)4-7(5)8/h2-3H,10H2,1H3;2-4H,9H2,1H3. The molecule has 0 fully saturated rings. The minimum absolute atomic E-state index is 0.714. The zero-order chi connectivity index (χ0) is 14.6. The van der Waals surface area contributed by atoms with Gasteiger partial charge in [-0.2, -0.15) is 0 Å².